The highest BCUT2D eigenvalue weighted by Gasteiger charge is 2.38. The summed E-state index contributed by atoms with van der Waals surface area (Å²) in [5.41, 5.74) is 6.06. The monoisotopic (exact) mass is 225 g/mol. The Hall–Kier alpha value is -0.120. The molecule has 2 aliphatic heterocycles. The van der Waals surface area contributed by atoms with Crippen molar-refractivity contribution in [2.24, 2.45) is 11.7 Å². The second-order valence-electron chi connectivity index (χ2n) is 6.20. The number of fused-ring (bicyclic) bond motifs is 1. The molecular formula is C13H27N3. The molecule has 0 radical (unpaired) electrons. The number of likely N-dealkylation sites (tertiary alicyclic amines) is 2. The second kappa shape index (κ2) is 4.63. The van der Waals surface area contributed by atoms with E-state index >= 15 is 0 Å². The van der Waals surface area contributed by atoms with Gasteiger partial charge in [0.05, 0.1) is 0 Å². The van der Waals surface area contributed by atoms with Gasteiger partial charge in [-0.15, -0.1) is 0 Å². The Morgan fingerprint density at radius 1 is 1.25 bits per heavy atom. The minimum atomic E-state index is 0.182. The molecule has 2 unspecified atom stereocenters. The minimum absolute atomic E-state index is 0.182. The molecule has 0 spiro atoms. The summed E-state index contributed by atoms with van der Waals surface area (Å²) in [6, 6.07) is 0.832. The molecule has 94 valence electrons. The molecule has 2 N–H and O–H groups in total. The van der Waals surface area contributed by atoms with E-state index < -0.39 is 0 Å². The molecule has 3 nitrogen and oxygen atoms in total. The molecule has 0 aromatic heterocycles. The molecule has 3 heteroatoms. The summed E-state index contributed by atoms with van der Waals surface area (Å²) in [7, 11) is 2.29. The Bertz CT molecular complexity index is 239. The Balaban J connectivity index is 2.00. The Labute approximate surface area is 100.0 Å². The molecule has 2 atom stereocenters. The summed E-state index contributed by atoms with van der Waals surface area (Å²) in [5.74, 6) is 0.873. The highest BCUT2D eigenvalue weighted by Crippen LogP contribution is 2.32. The lowest BCUT2D eigenvalue weighted by molar-refractivity contribution is -0.00193. The van der Waals surface area contributed by atoms with Crippen LogP contribution < -0.4 is 5.73 Å². The smallest absolute Gasteiger partial charge is 0.0275 e. The van der Waals surface area contributed by atoms with Crippen LogP contribution in [0.3, 0.4) is 0 Å². The SMILES string of the molecule is CN1CCCC2CN(C(C)(C)CN)CCC21. The lowest BCUT2D eigenvalue weighted by Gasteiger charge is -2.50. The van der Waals surface area contributed by atoms with Crippen molar-refractivity contribution in [1.29, 1.82) is 0 Å². The lowest BCUT2D eigenvalue weighted by Crippen LogP contribution is -2.59. The van der Waals surface area contributed by atoms with Crippen molar-refractivity contribution in [1.82, 2.24) is 9.80 Å². The average Bonchev–Trinajstić information content (AvgIpc) is 2.29. The van der Waals surface area contributed by atoms with E-state index in [0.29, 0.717) is 0 Å². The zero-order valence-electron chi connectivity index (χ0n) is 11.1. The zero-order chi connectivity index (χ0) is 11.8. The van der Waals surface area contributed by atoms with Crippen molar-refractivity contribution in [3.63, 3.8) is 0 Å². The number of hydrogen-bond acceptors (Lipinski definition) is 3. The molecule has 2 fully saturated rings. The third-order valence-corrected chi connectivity index (χ3v) is 4.70. The zero-order valence-corrected chi connectivity index (χ0v) is 11.1. The fraction of sp³-hybridized carbons (Fsp3) is 1.00. The van der Waals surface area contributed by atoms with Crippen molar-refractivity contribution in [2.45, 2.75) is 44.7 Å². The maximum Gasteiger partial charge on any atom is 0.0275 e. The van der Waals surface area contributed by atoms with Gasteiger partial charge < -0.3 is 10.6 Å². The van der Waals surface area contributed by atoms with E-state index in [4.69, 9.17) is 5.73 Å². The van der Waals surface area contributed by atoms with E-state index in [1.165, 1.54) is 38.9 Å². The third kappa shape index (κ3) is 2.27. The summed E-state index contributed by atoms with van der Waals surface area (Å²) in [5, 5.41) is 0. The molecular weight excluding hydrogens is 198 g/mol. The molecule has 2 rings (SSSR count). The van der Waals surface area contributed by atoms with Crippen LogP contribution in [0.2, 0.25) is 0 Å². The first-order valence-electron chi connectivity index (χ1n) is 6.70. The van der Waals surface area contributed by atoms with Crippen LogP contribution in [0.25, 0.3) is 0 Å². The van der Waals surface area contributed by atoms with Crippen LogP contribution >= 0.6 is 0 Å². The topological polar surface area (TPSA) is 32.5 Å². The van der Waals surface area contributed by atoms with Crippen LogP contribution in [-0.2, 0) is 0 Å². The molecule has 0 aliphatic carbocycles. The van der Waals surface area contributed by atoms with E-state index in [0.717, 1.165) is 18.5 Å². The van der Waals surface area contributed by atoms with E-state index in [-0.39, 0.29) is 5.54 Å². The molecule has 0 aromatic rings. The molecule has 0 amide bonds. The quantitative estimate of drug-likeness (QED) is 0.765. The predicted octanol–water partition coefficient (Wildman–Crippen LogP) is 1.14. The lowest BCUT2D eigenvalue weighted by atomic mass is 9.82. The number of nitrogens with zero attached hydrogens (tertiary/aromatic N) is 2. The number of rotatable bonds is 2. The summed E-state index contributed by atoms with van der Waals surface area (Å²) < 4.78 is 0. The summed E-state index contributed by atoms with van der Waals surface area (Å²) in [4.78, 5) is 5.17. The Kier molecular flexibility index (Phi) is 3.57. The van der Waals surface area contributed by atoms with Crippen LogP contribution in [0.4, 0.5) is 0 Å². The van der Waals surface area contributed by atoms with E-state index in [1.807, 2.05) is 0 Å². The maximum atomic E-state index is 5.88. The van der Waals surface area contributed by atoms with E-state index in [2.05, 4.69) is 30.7 Å². The molecule has 0 bridgehead atoms. The van der Waals surface area contributed by atoms with Gasteiger partial charge in [0.15, 0.2) is 0 Å². The van der Waals surface area contributed by atoms with Gasteiger partial charge in [0.2, 0.25) is 0 Å². The normalized spacial score (nSPS) is 33.8. The first-order chi connectivity index (χ1) is 7.54. The highest BCUT2D eigenvalue weighted by atomic mass is 15.2. The van der Waals surface area contributed by atoms with Gasteiger partial charge in [0, 0.05) is 31.2 Å². The average molecular weight is 225 g/mol. The van der Waals surface area contributed by atoms with Crippen molar-refractivity contribution in [2.75, 3.05) is 33.2 Å². The molecule has 16 heavy (non-hydrogen) atoms. The first kappa shape index (κ1) is 12.3. The van der Waals surface area contributed by atoms with Crippen LogP contribution in [0.1, 0.15) is 33.1 Å². The largest absolute Gasteiger partial charge is 0.329 e. The first-order valence-corrected chi connectivity index (χ1v) is 6.70. The van der Waals surface area contributed by atoms with Gasteiger partial charge in [-0.1, -0.05) is 0 Å². The molecule has 2 saturated heterocycles. The van der Waals surface area contributed by atoms with Gasteiger partial charge in [-0.3, -0.25) is 4.90 Å². The standard InChI is InChI=1S/C13H27N3/c1-13(2,10-14)16-8-6-12-11(9-16)5-4-7-15(12)3/h11-12H,4-10,14H2,1-3H3. The fourth-order valence-corrected chi connectivity index (χ4v) is 3.33. The van der Waals surface area contributed by atoms with Gasteiger partial charge in [-0.2, -0.15) is 0 Å². The van der Waals surface area contributed by atoms with Crippen LogP contribution in [0, 0.1) is 5.92 Å². The Morgan fingerprint density at radius 2 is 2.00 bits per heavy atom. The van der Waals surface area contributed by atoms with Crippen molar-refractivity contribution >= 4 is 0 Å². The Morgan fingerprint density at radius 3 is 2.69 bits per heavy atom. The summed E-state index contributed by atoms with van der Waals surface area (Å²) in [6.45, 7) is 9.08. The fourth-order valence-electron chi connectivity index (χ4n) is 3.33. The number of hydrogen-bond donors (Lipinski definition) is 1. The van der Waals surface area contributed by atoms with Crippen molar-refractivity contribution in [3.8, 4) is 0 Å². The summed E-state index contributed by atoms with van der Waals surface area (Å²) >= 11 is 0. The van der Waals surface area contributed by atoms with Gasteiger partial charge >= 0.3 is 0 Å². The predicted molar refractivity (Wildman–Crippen MR) is 68.5 cm³/mol. The van der Waals surface area contributed by atoms with E-state index in [1.54, 1.807) is 0 Å². The van der Waals surface area contributed by atoms with Gasteiger partial charge in [-0.05, 0) is 52.6 Å². The third-order valence-electron chi connectivity index (χ3n) is 4.70. The van der Waals surface area contributed by atoms with Crippen LogP contribution in [0.5, 0.6) is 0 Å². The van der Waals surface area contributed by atoms with Crippen molar-refractivity contribution in [3.05, 3.63) is 0 Å². The van der Waals surface area contributed by atoms with Gasteiger partial charge in [0.1, 0.15) is 0 Å². The molecule has 2 aliphatic rings. The van der Waals surface area contributed by atoms with Crippen LogP contribution in [-0.4, -0.2) is 54.6 Å². The molecule has 0 saturated carbocycles. The van der Waals surface area contributed by atoms with Gasteiger partial charge in [-0.25, -0.2) is 0 Å². The summed E-state index contributed by atoms with van der Waals surface area (Å²) in [6.07, 6.45) is 4.10. The maximum absolute atomic E-state index is 5.88. The highest BCUT2D eigenvalue weighted by molar-refractivity contribution is 4.94. The number of nitrogens with two attached hydrogens (primary N) is 1. The van der Waals surface area contributed by atoms with Gasteiger partial charge in [0.25, 0.3) is 0 Å². The minimum Gasteiger partial charge on any atom is -0.329 e. The second-order valence-corrected chi connectivity index (χ2v) is 6.20. The molecule has 0 aromatic carbocycles. The number of piperidine rings is 2. The molecule has 2 heterocycles. The van der Waals surface area contributed by atoms with Crippen molar-refractivity contribution < 1.29 is 0 Å². The van der Waals surface area contributed by atoms with Crippen LogP contribution in [0.15, 0.2) is 0 Å². The van der Waals surface area contributed by atoms with E-state index in [9.17, 15) is 0 Å².